The van der Waals surface area contributed by atoms with Gasteiger partial charge in [0.15, 0.2) is 0 Å². The molecule has 1 heterocycles. The van der Waals surface area contributed by atoms with Gasteiger partial charge in [0.1, 0.15) is 5.82 Å². The Hall–Kier alpha value is -1.09. The van der Waals surface area contributed by atoms with Crippen molar-refractivity contribution < 1.29 is 0 Å². The summed E-state index contributed by atoms with van der Waals surface area (Å²) in [5.41, 5.74) is 8.20. The quantitative estimate of drug-likeness (QED) is 0.905. The fourth-order valence-electron chi connectivity index (χ4n) is 2.42. The molecule has 2 rings (SSSR count). The van der Waals surface area contributed by atoms with Crippen molar-refractivity contribution >= 4 is 5.82 Å². The van der Waals surface area contributed by atoms with Crippen LogP contribution < -0.4 is 10.6 Å². The maximum atomic E-state index is 5.82. The first kappa shape index (κ1) is 14.3. The van der Waals surface area contributed by atoms with Gasteiger partial charge in [-0.1, -0.05) is 27.2 Å². The Morgan fingerprint density at radius 3 is 2.47 bits per heavy atom. The van der Waals surface area contributed by atoms with E-state index < -0.39 is 0 Å². The minimum atomic E-state index is 0.0667. The second-order valence-electron chi connectivity index (χ2n) is 6.85. The van der Waals surface area contributed by atoms with E-state index in [0.717, 1.165) is 24.0 Å². The summed E-state index contributed by atoms with van der Waals surface area (Å²) in [5.74, 6) is 1.92. The number of rotatable bonds is 4. The highest BCUT2D eigenvalue weighted by Gasteiger charge is 2.22. The standard InChI is InChI=1S/C16H27N3/c1-16(2,3)14-8-13(10-17)9-15(18-14)19(4)11-12-6-5-7-12/h8-9,12H,5-7,10-11,17H2,1-4H3. The van der Waals surface area contributed by atoms with Crippen LogP contribution in [0.3, 0.4) is 0 Å². The van der Waals surface area contributed by atoms with E-state index in [2.05, 4.69) is 44.9 Å². The summed E-state index contributed by atoms with van der Waals surface area (Å²) >= 11 is 0. The molecule has 1 saturated carbocycles. The Morgan fingerprint density at radius 1 is 1.32 bits per heavy atom. The first-order valence-corrected chi connectivity index (χ1v) is 7.33. The van der Waals surface area contributed by atoms with Gasteiger partial charge in [-0.15, -0.1) is 0 Å². The predicted octanol–water partition coefficient (Wildman–Crippen LogP) is 3.07. The van der Waals surface area contributed by atoms with Gasteiger partial charge in [-0.3, -0.25) is 0 Å². The average molecular weight is 261 g/mol. The molecule has 0 bridgehead atoms. The maximum absolute atomic E-state index is 5.82. The molecule has 0 amide bonds. The zero-order chi connectivity index (χ0) is 14.0. The van der Waals surface area contributed by atoms with Crippen LogP contribution in [0, 0.1) is 5.92 Å². The van der Waals surface area contributed by atoms with Crippen molar-refractivity contribution in [2.24, 2.45) is 11.7 Å². The van der Waals surface area contributed by atoms with Crippen molar-refractivity contribution in [1.82, 2.24) is 4.98 Å². The summed E-state index contributed by atoms with van der Waals surface area (Å²) in [7, 11) is 2.15. The lowest BCUT2D eigenvalue weighted by molar-refractivity contribution is 0.321. The Bertz CT molecular complexity index is 430. The minimum Gasteiger partial charge on any atom is -0.359 e. The Balaban J connectivity index is 2.22. The molecule has 0 unspecified atom stereocenters. The van der Waals surface area contributed by atoms with Gasteiger partial charge in [0.05, 0.1) is 0 Å². The largest absolute Gasteiger partial charge is 0.359 e. The first-order chi connectivity index (χ1) is 8.90. The van der Waals surface area contributed by atoms with Crippen LogP contribution in [0.2, 0.25) is 0 Å². The van der Waals surface area contributed by atoms with Gasteiger partial charge in [-0.05, 0) is 36.5 Å². The highest BCUT2D eigenvalue weighted by Crippen LogP contribution is 2.29. The van der Waals surface area contributed by atoms with Crippen LogP contribution in [0.25, 0.3) is 0 Å². The predicted molar refractivity (Wildman–Crippen MR) is 81.4 cm³/mol. The van der Waals surface area contributed by atoms with Crippen LogP contribution in [0.15, 0.2) is 12.1 Å². The number of nitrogens with zero attached hydrogens (tertiary/aromatic N) is 2. The second-order valence-corrected chi connectivity index (χ2v) is 6.85. The lowest BCUT2D eigenvalue weighted by Crippen LogP contribution is -2.30. The van der Waals surface area contributed by atoms with Crippen LogP contribution in [-0.2, 0) is 12.0 Å². The maximum Gasteiger partial charge on any atom is 0.128 e. The molecular weight excluding hydrogens is 234 g/mol. The molecule has 19 heavy (non-hydrogen) atoms. The summed E-state index contributed by atoms with van der Waals surface area (Å²) in [5, 5.41) is 0. The van der Waals surface area contributed by atoms with Crippen LogP contribution >= 0.6 is 0 Å². The lowest BCUT2D eigenvalue weighted by Gasteiger charge is -2.31. The van der Waals surface area contributed by atoms with Crippen LogP contribution in [0.4, 0.5) is 5.82 Å². The molecule has 0 spiro atoms. The van der Waals surface area contributed by atoms with E-state index in [0.29, 0.717) is 6.54 Å². The van der Waals surface area contributed by atoms with E-state index in [9.17, 15) is 0 Å². The zero-order valence-corrected chi connectivity index (χ0v) is 12.7. The number of aromatic nitrogens is 1. The molecule has 0 aliphatic heterocycles. The molecule has 1 fully saturated rings. The molecule has 1 aromatic heterocycles. The van der Waals surface area contributed by atoms with Crippen LogP contribution in [-0.4, -0.2) is 18.6 Å². The molecular formula is C16H27N3. The number of hydrogen-bond donors (Lipinski definition) is 1. The van der Waals surface area contributed by atoms with Crippen LogP contribution in [0.1, 0.15) is 51.3 Å². The molecule has 1 aromatic rings. The van der Waals surface area contributed by atoms with Crippen molar-refractivity contribution in [3.05, 3.63) is 23.4 Å². The Morgan fingerprint density at radius 2 is 2.00 bits per heavy atom. The third-order valence-corrected chi connectivity index (χ3v) is 4.02. The second kappa shape index (κ2) is 5.49. The molecule has 3 nitrogen and oxygen atoms in total. The Labute approximate surface area is 117 Å². The van der Waals surface area contributed by atoms with E-state index in [1.165, 1.54) is 24.8 Å². The first-order valence-electron chi connectivity index (χ1n) is 7.33. The van der Waals surface area contributed by atoms with Gasteiger partial charge in [0.25, 0.3) is 0 Å². The molecule has 0 aromatic carbocycles. The number of anilines is 1. The zero-order valence-electron chi connectivity index (χ0n) is 12.7. The fraction of sp³-hybridized carbons (Fsp3) is 0.688. The third kappa shape index (κ3) is 3.47. The monoisotopic (exact) mass is 261 g/mol. The summed E-state index contributed by atoms with van der Waals surface area (Å²) in [4.78, 5) is 7.12. The van der Waals surface area contributed by atoms with Crippen molar-refractivity contribution in [2.45, 2.75) is 52.0 Å². The van der Waals surface area contributed by atoms with Crippen molar-refractivity contribution in [3.8, 4) is 0 Å². The minimum absolute atomic E-state index is 0.0667. The molecule has 1 aliphatic rings. The normalized spacial score (nSPS) is 16.3. The van der Waals surface area contributed by atoms with E-state index in [1.807, 2.05) is 0 Å². The fourth-order valence-corrected chi connectivity index (χ4v) is 2.42. The van der Waals surface area contributed by atoms with Crippen molar-refractivity contribution in [1.29, 1.82) is 0 Å². The Kier molecular flexibility index (Phi) is 4.14. The van der Waals surface area contributed by atoms with Gasteiger partial charge >= 0.3 is 0 Å². The van der Waals surface area contributed by atoms with E-state index >= 15 is 0 Å². The third-order valence-electron chi connectivity index (χ3n) is 4.02. The molecule has 0 radical (unpaired) electrons. The van der Waals surface area contributed by atoms with Crippen molar-refractivity contribution in [3.63, 3.8) is 0 Å². The molecule has 3 heteroatoms. The van der Waals surface area contributed by atoms with Gasteiger partial charge in [0, 0.05) is 31.2 Å². The summed E-state index contributed by atoms with van der Waals surface area (Å²) in [6.45, 7) is 8.29. The van der Waals surface area contributed by atoms with Gasteiger partial charge in [-0.2, -0.15) is 0 Å². The summed E-state index contributed by atoms with van der Waals surface area (Å²) in [6, 6.07) is 4.27. The SMILES string of the molecule is CN(CC1CCC1)c1cc(CN)cc(C(C)(C)C)n1. The molecule has 106 valence electrons. The average Bonchev–Trinajstić information content (AvgIpc) is 2.31. The number of hydrogen-bond acceptors (Lipinski definition) is 3. The molecule has 0 atom stereocenters. The molecule has 0 saturated heterocycles. The van der Waals surface area contributed by atoms with E-state index in [4.69, 9.17) is 10.7 Å². The van der Waals surface area contributed by atoms with Gasteiger partial charge in [0.2, 0.25) is 0 Å². The molecule has 1 aliphatic carbocycles. The van der Waals surface area contributed by atoms with Crippen LogP contribution in [0.5, 0.6) is 0 Å². The molecule has 2 N–H and O–H groups in total. The number of nitrogens with two attached hydrogens (primary N) is 1. The van der Waals surface area contributed by atoms with E-state index in [1.54, 1.807) is 0 Å². The van der Waals surface area contributed by atoms with Crippen molar-refractivity contribution in [2.75, 3.05) is 18.5 Å². The number of pyridine rings is 1. The highest BCUT2D eigenvalue weighted by atomic mass is 15.2. The highest BCUT2D eigenvalue weighted by molar-refractivity contribution is 5.43. The van der Waals surface area contributed by atoms with Gasteiger partial charge < -0.3 is 10.6 Å². The topological polar surface area (TPSA) is 42.1 Å². The summed E-state index contributed by atoms with van der Waals surface area (Å²) < 4.78 is 0. The lowest BCUT2D eigenvalue weighted by atomic mass is 9.85. The van der Waals surface area contributed by atoms with Gasteiger partial charge in [-0.25, -0.2) is 4.98 Å². The smallest absolute Gasteiger partial charge is 0.128 e. The van der Waals surface area contributed by atoms with E-state index in [-0.39, 0.29) is 5.41 Å². The summed E-state index contributed by atoms with van der Waals surface area (Å²) in [6.07, 6.45) is 4.13.